The van der Waals surface area contributed by atoms with Gasteiger partial charge < -0.3 is 10.3 Å². The van der Waals surface area contributed by atoms with Crippen LogP contribution in [0.2, 0.25) is 0 Å². The van der Waals surface area contributed by atoms with Crippen molar-refractivity contribution in [1.29, 1.82) is 0 Å². The van der Waals surface area contributed by atoms with E-state index in [9.17, 15) is 4.79 Å². The Kier molecular flexibility index (Phi) is 5.33. The Balaban J connectivity index is 1.89. The summed E-state index contributed by atoms with van der Waals surface area (Å²) in [5, 5.41) is 3.06. The number of nitrogens with one attached hydrogen (secondary N) is 2. The van der Waals surface area contributed by atoms with Gasteiger partial charge in [0, 0.05) is 12.4 Å². The minimum atomic E-state index is 0.00409. The number of aryl methyl sites for hydroxylation is 2. The van der Waals surface area contributed by atoms with Crippen molar-refractivity contribution in [3.05, 3.63) is 53.1 Å². The zero-order valence-corrected chi connectivity index (χ0v) is 13.7. The number of benzene rings is 1. The molecular formula is C17H24N4O. The highest BCUT2D eigenvalue weighted by atomic mass is 16.2. The van der Waals surface area contributed by atoms with E-state index in [0.29, 0.717) is 13.1 Å². The fourth-order valence-electron chi connectivity index (χ4n) is 2.53. The summed E-state index contributed by atoms with van der Waals surface area (Å²) in [5.41, 5.74) is 3.57. The summed E-state index contributed by atoms with van der Waals surface area (Å²) >= 11 is 0. The Morgan fingerprint density at radius 3 is 2.86 bits per heavy atom. The molecule has 2 N–H and O–H groups in total. The number of likely N-dealkylation sites (N-methyl/N-ethyl adjacent to an activating group) is 1. The van der Waals surface area contributed by atoms with E-state index in [-0.39, 0.29) is 11.9 Å². The lowest BCUT2D eigenvalue weighted by atomic mass is 10.00. The molecule has 0 aliphatic heterocycles. The number of carbonyl (C=O) groups is 1. The third-order valence-corrected chi connectivity index (χ3v) is 3.67. The highest BCUT2D eigenvalue weighted by molar-refractivity contribution is 5.78. The van der Waals surface area contributed by atoms with Crippen molar-refractivity contribution in [2.75, 3.05) is 13.6 Å². The van der Waals surface area contributed by atoms with E-state index in [2.05, 4.69) is 47.3 Å². The van der Waals surface area contributed by atoms with Crippen molar-refractivity contribution in [2.24, 2.45) is 0 Å². The number of aromatic nitrogens is 2. The summed E-state index contributed by atoms with van der Waals surface area (Å²) in [6.45, 7) is 7.12. The number of aromatic amines is 1. The number of hydrogen-bond acceptors (Lipinski definition) is 3. The van der Waals surface area contributed by atoms with Crippen LogP contribution in [0.25, 0.3) is 0 Å². The average Bonchev–Trinajstić information content (AvgIpc) is 2.93. The minimum absolute atomic E-state index is 0.00409. The number of amides is 1. The first-order chi connectivity index (χ1) is 10.5. The second kappa shape index (κ2) is 7.22. The van der Waals surface area contributed by atoms with Gasteiger partial charge in [0.05, 0.1) is 19.1 Å². The molecule has 1 heterocycles. The smallest absolute Gasteiger partial charge is 0.234 e. The van der Waals surface area contributed by atoms with E-state index in [1.54, 1.807) is 12.4 Å². The van der Waals surface area contributed by atoms with Crippen LogP contribution in [0.1, 0.15) is 35.5 Å². The van der Waals surface area contributed by atoms with Crippen molar-refractivity contribution >= 4 is 5.91 Å². The van der Waals surface area contributed by atoms with E-state index in [1.165, 1.54) is 16.7 Å². The third-order valence-electron chi connectivity index (χ3n) is 3.67. The molecule has 0 bridgehead atoms. The average molecular weight is 300 g/mol. The fraction of sp³-hybridized carbons (Fsp3) is 0.412. The van der Waals surface area contributed by atoms with E-state index < -0.39 is 0 Å². The summed E-state index contributed by atoms with van der Waals surface area (Å²) < 4.78 is 0. The summed E-state index contributed by atoms with van der Waals surface area (Å²) in [7, 11) is 1.91. The number of nitrogens with zero attached hydrogens (tertiary/aromatic N) is 2. The van der Waals surface area contributed by atoms with Crippen molar-refractivity contribution in [3.63, 3.8) is 0 Å². The highest BCUT2D eigenvalue weighted by Crippen LogP contribution is 2.18. The Hall–Kier alpha value is -2.14. The number of H-pyrrole nitrogens is 1. The predicted molar refractivity (Wildman–Crippen MR) is 87.4 cm³/mol. The predicted octanol–water partition coefficient (Wildman–Crippen LogP) is 2.34. The Morgan fingerprint density at radius 2 is 2.18 bits per heavy atom. The van der Waals surface area contributed by atoms with Crippen LogP contribution < -0.4 is 5.32 Å². The quantitative estimate of drug-likeness (QED) is 0.861. The molecule has 1 atom stereocenters. The molecule has 0 aliphatic carbocycles. The lowest BCUT2D eigenvalue weighted by Crippen LogP contribution is -2.36. The maximum Gasteiger partial charge on any atom is 0.234 e. The first-order valence-electron chi connectivity index (χ1n) is 7.49. The first kappa shape index (κ1) is 16.2. The van der Waals surface area contributed by atoms with Gasteiger partial charge in [0.2, 0.25) is 5.91 Å². The van der Waals surface area contributed by atoms with Gasteiger partial charge in [-0.2, -0.15) is 0 Å². The largest absolute Gasteiger partial charge is 0.348 e. The van der Waals surface area contributed by atoms with Gasteiger partial charge in [-0.05, 0) is 38.9 Å². The molecule has 0 aliphatic rings. The SMILES string of the molecule is Cc1ccc(C)c([C@@H](C)NC(=O)CN(C)Cc2ncc[nH]2)c1. The van der Waals surface area contributed by atoms with Gasteiger partial charge in [-0.25, -0.2) is 4.98 Å². The van der Waals surface area contributed by atoms with E-state index in [1.807, 2.05) is 18.9 Å². The van der Waals surface area contributed by atoms with Crippen LogP contribution in [0.4, 0.5) is 0 Å². The zero-order valence-electron chi connectivity index (χ0n) is 13.7. The second-order valence-electron chi connectivity index (χ2n) is 5.86. The van der Waals surface area contributed by atoms with Crippen LogP contribution in [0.15, 0.2) is 30.6 Å². The van der Waals surface area contributed by atoms with Gasteiger partial charge >= 0.3 is 0 Å². The van der Waals surface area contributed by atoms with Gasteiger partial charge in [0.1, 0.15) is 5.82 Å². The molecule has 2 rings (SSSR count). The normalized spacial score (nSPS) is 12.4. The number of imidazole rings is 1. The second-order valence-corrected chi connectivity index (χ2v) is 5.86. The van der Waals surface area contributed by atoms with Gasteiger partial charge in [-0.15, -0.1) is 0 Å². The van der Waals surface area contributed by atoms with Gasteiger partial charge in [-0.3, -0.25) is 9.69 Å². The van der Waals surface area contributed by atoms with Crippen molar-refractivity contribution in [1.82, 2.24) is 20.2 Å². The molecule has 1 aromatic heterocycles. The summed E-state index contributed by atoms with van der Waals surface area (Å²) in [5.74, 6) is 0.875. The van der Waals surface area contributed by atoms with Crippen molar-refractivity contribution in [3.8, 4) is 0 Å². The molecule has 0 saturated heterocycles. The van der Waals surface area contributed by atoms with Crippen LogP contribution in [-0.2, 0) is 11.3 Å². The van der Waals surface area contributed by atoms with E-state index in [0.717, 1.165) is 5.82 Å². The maximum atomic E-state index is 12.2. The van der Waals surface area contributed by atoms with Crippen molar-refractivity contribution in [2.45, 2.75) is 33.4 Å². The lowest BCUT2D eigenvalue weighted by molar-refractivity contribution is -0.122. The Labute approximate surface area is 131 Å². The number of carbonyl (C=O) groups excluding carboxylic acids is 1. The van der Waals surface area contributed by atoms with Gasteiger partial charge in [0.15, 0.2) is 0 Å². The number of hydrogen-bond donors (Lipinski definition) is 2. The summed E-state index contributed by atoms with van der Waals surface area (Å²) in [6, 6.07) is 6.32. The van der Waals surface area contributed by atoms with Gasteiger partial charge in [0.25, 0.3) is 0 Å². The fourth-order valence-corrected chi connectivity index (χ4v) is 2.53. The van der Waals surface area contributed by atoms with E-state index >= 15 is 0 Å². The molecule has 0 unspecified atom stereocenters. The summed E-state index contributed by atoms with van der Waals surface area (Å²) in [4.78, 5) is 21.3. The van der Waals surface area contributed by atoms with Crippen LogP contribution in [-0.4, -0.2) is 34.4 Å². The molecule has 5 nitrogen and oxygen atoms in total. The number of rotatable bonds is 6. The molecule has 0 saturated carbocycles. The Bertz CT molecular complexity index is 622. The third kappa shape index (κ3) is 4.43. The molecular weight excluding hydrogens is 276 g/mol. The molecule has 118 valence electrons. The van der Waals surface area contributed by atoms with Crippen LogP contribution in [0.5, 0.6) is 0 Å². The molecule has 1 amide bonds. The van der Waals surface area contributed by atoms with E-state index in [4.69, 9.17) is 0 Å². The molecule has 1 aromatic carbocycles. The van der Waals surface area contributed by atoms with Gasteiger partial charge in [-0.1, -0.05) is 23.8 Å². The topological polar surface area (TPSA) is 61.0 Å². The molecule has 5 heteroatoms. The van der Waals surface area contributed by atoms with Crippen LogP contribution in [0, 0.1) is 13.8 Å². The molecule has 0 fully saturated rings. The van der Waals surface area contributed by atoms with Crippen LogP contribution >= 0.6 is 0 Å². The minimum Gasteiger partial charge on any atom is -0.348 e. The first-order valence-corrected chi connectivity index (χ1v) is 7.49. The standard InChI is InChI=1S/C17H24N4O/c1-12-5-6-13(2)15(9-12)14(3)20-17(22)11-21(4)10-16-18-7-8-19-16/h5-9,14H,10-11H2,1-4H3,(H,18,19)(H,20,22)/t14-/m1/s1. The molecule has 22 heavy (non-hydrogen) atoms. The zero-order chi connectivity index (χ0) is 16.1. The highest BCUT2D eigenvalue weighted by Gasteiger charge is 2.14. The molecule has 0 radical (unpaired) electrons. The molecule has 2 aromatic rings. The van der Waals surface area contributed by atoms with Crippen molar-refractivity contribution < 1.29 is 4.79 Å². The van der Waals surface area contributed by atoms with Crippen LogP contribution in [0.3, 0.4) is 0 Å². The lowest BCUT2D eigenvalue weighted by Gasteiger charge is -2.20. The summed E-state index contributed by atoms with van der Waals surface area (Å²) in [6.07, 6.45) is 3.50. The molecule has 0 spiro atoms. The maximum absolute atomic E-state index is 12.2. The Morgan fingerprint density at radius 1 is 1.41 bits per heavy atom. The monoisotopic (exact) mass is 300 g/mol.